The number of hydrogen-bond donors (Lipinski definition) is 1. The first kappa shape index (κ1) is 19.5. The Bertz CT molecular complexity index is 965. The number of carbonyl (C=O) groups excluding carboxylic acids is 2. The van der Waals surface area contributed by atoms with Gasteiger partial charge in [0.15, 0.2) is 17.6 Å². The molecular formula is C20H20N2O5S. The van der Waals surface area contributed by atoms with Crippen LogP contribution in [0.4, 0.5) is 5.69 Å². The molecule has 0 bridgehead atoms. The van der Waals surface area contributed by atoms with Crippen molar-refractivity contribution in [1.29, 1.82) is 0 Å². The number of benzene rings is 1. The first-order chi connectivity index (χ1) is 13.5. The molecule has 28 heavy (non-hydrogen) atoms. The Labute approximate surface area is 166 Å². The van der Waals surface area contributed by atoms with Crippen molar-refractivity contribution >= 4 is 28.9 Å². The summed E-state index contributed by atoms with van der Waals surface area (Å²) in [5.74, 6) is 0.0448. The summed E-state index contributed by atoms with van der Waals surface area (Å²) < 4.78 is 17.6. The summed E-state index contributed by atoms with van der Waals surface area (Å²) in [7, 11) is 3.04. The molecule has 1 N–H and O–H groups in total. The summed E-state index contributed by atoms with van der Waals surface area (Å²) in [6.07, 6.45) is 2.71. The number of hydrogen-bond acceptors (Lipinski definition) is 6. The number of methoxy groups -OCH3 is 2. The van der Waals surface area contributed by atoms with Crippen molar-refractivity contribution in [3.63, 3.8) is 0 Å². The molecule has 0 radical (unpaired) electrons. The molecule has 2 aromatic heterocycles. The molecule has 1 unspecified atom stereocenters. The van der Waals surface area contributed by atoms with E-state index in [-0.39, 0.29) is 0 Å². The number of ether oxygens (including phenoxy) is 3. The van der Waals surface area contributed by atoms with Crippen molar-refractivity contribution in [1.82, 2.24) is 4.57 Å². The largest absolute Gasteiger partial charge is 0.493 e. The Morgan fingerprint density at radius 1 is 1.07 bits per heavy atom. The number of anilines is 1. The van der Waals surface area contributed by atoms with Crippen LogP contribution in [0.2, 0.25) is 0 Å². The molecular weight excluding hydrogens is 380 g/mol. The normalized spacial score (nSPS) is 11.5. The maximum atomic E-state index is 12.5. The van der Waals surface area contributed by atoms with Crippen molar-refractivity contribution in [3.05, 3.63) is 59.0 Å². The van der Waals surface area contributed by atoms with E-state index in [0.29, 0.717) is 27.8 Å². The Hall–Kier alpha value is -3.26. The van der Waals surface area contributed by atoms with Gasteiger partial charge in [-0.15, -0.1) is 11.3 Å². The zero-order chi connectivity index (χ0) is 20.1. The lowest BCUT2D eigenvalue weighted by Crippen LogP contribution is -2.30. The van der Waals surface area contributed by atoms with Crippen LogP contribution in [0.3, 0.4) is 0 Å². The summed E-state index contributed by atoms with van der Waals surface area (Å²) >= 11 is 1.27. The summed E-state index contributed by atoms with van der Waals surface area (Å²) in [4.78, 5) is 25.4. The van der Waals surface area contributed by atoms with Crippen LogP contribution in [0, 0.1) is 0 Å². The second-order valence-corrected chi connectivity index (χ2v) is 6.75. The average Bonchev–Trinajstić information content (AvgIpc) is 3.38. The molecule has 2 heterocycles. The van der Waals surface area contributed by atoms with Crippen molar-refractivity contribution in [3.8, 4) is 17.2 Å². The third-order valence-electron chi connectivity index (χ3n) is 4.02. The lowest BCUT2D eigenvalue weighted by Gasteiger charge is -2.15. The fourth-order valence-electron chi connectivity index (χ4n) is 2.58. The van der Waals surface area contributed by atoms with E-state index in [0.717, 1.165) is 0 Å². The Kier molecular flexibility index (Phi) is 6.00. The zero-order valence-corrected chi connectivity index (χ0v) is 16.5. The molecule has 0 fully saturated rings. The minimum absolute atomic E-state index is 0.432. The Morgan fingerprint density at radius 2 is 1.79 bits per heavy atom. The van der Waals surface area contributed by atoms with Crippen LogP contribution in [0.1, 0.15) is 16.6 Å². The van der Waals surface area contributed by atoms with Gasteiger partial charge in [0.2, 0.25) is 0 Å². The molecule has 0 aliphatic rings. The molecule has 1 amide bonds. The van der Waals surface area contributed by atoms with E-state index in [2.05, 4.69) is 5.32 Å². The van der Waals surface area contributed by atoms with Crippen LogP contribution < -0.4 is 14.8 Å². The second-order valence-electron chi connectivity index (χ2n) is 5.83. The highest BCUT2D eigenvalue weighted by Crippen LogP contribution is 2.30. The van der Waals surface area contributed by atoms with E-state index < -0.39 is 18.0 Å². The van der Waals surface area contributed by atoms with E-state index in [1.807, 2.05) is 35.2 Å². The number of aromatic nitrogens is 1. The lowest BCUT2D eigenvalue weighted by molar-refractivity contribution is -0.123. The van der Waals surface area contributed by atoms with E-state index in [1.165, 1.54) is 32.5 Å². The first-order valence-corrected chi connectivity index (χ1v) is 9.36. The summed E-state index contributed by atoms with van der Waals surface area (Å²) in [6, 6.07) is 10.6. The molecule has 3 aromatic rings. The highest BCUT2D eigenvalue weighted by Gasteiger charge is 2.22. The number of nitrogens with zero attached hydrogens (tertiary/aromatic N) is 1. The second kappa shape index (κ2) is 8.62. The molecule has 1 atom stereocenters. The van der Waals surface area contributed by atoms with E-state index in [1.54, 1.807) is 23.6 Å². The average molecular weight is 400 g/mol. The number of amides is 1. The fraction of sp³-hybridized carbons (Fsp3) is 0.200. The van der Waals surface area contributed by atoms with Crippen molar-refractivity contribution in [2.75, 3.05) is 19.5 Å². The number of esters is 1. The van der Waals surface area contributed by atoms with Crippen LogP contribution in [-0.2, 0) is 9.53 Å². The van der Waals surface area contributed by atoms with Crippen LogP contribution in [0.5, 0.6) is 11.5 Å². The van der Waals surface area contributed by atoms with Gasteiger partial charge in [-0.05, 0) is 42.6 Å². The van der Waals surface area contributed by atoms with Gasteiger partial charge in [-0.3, -0.25) is 4.79 Å². The summed E-state index contributed by atoms with van der Waals surface area (Å²) in [5, 5.41) is 4.51. The van der Waals surface area contributed by atoms with Gasteiger partial charge in [0.25, 0.3) is 5.91 Å². The third kappa shape index (κ3) is 4.17. The fourth-order valence-corrected chi connectivity index (χ4v) is 3.35. The maximum Gasteiger partial charge on any atom is 0.351 e. The summed E-state index contributed by atoms with van der Waals surface area (Å²) in [5.41, 5.74) is 1.22. The molecule has 0 aliphatic heterocycles. The highest BCUT2D eigenvalue weighted by atomic mass is 32.1. The van der Waals surface area contributed by atoms with Crippen LogP contribution in [-0.4, -0.2) is 36.8 Å². The van der Waals surface area contributed by atoms with Gasteiger partial charge in [0.05, 0.1) is 19.9 Å². The number of nitrogens with one attached hydrogen (secondary N) is 1. The molecule has 1 aromatic carbocycles. The third-order valence-corrected chi connectivity index (χ3v) is 4.90. The molecule has 0 saturated heterocycles. The van der Waals surface area contributed by atoms with Crippen LogP contribution in [0.15, 0.2) is 54.2 Å². The Balaban J connectivity index is 1.66. The molecule has 146 valence electrons. The van der Waals surface area contributed by atoms with Gasteiger partial charge in [-0.2, -0.15) is 0 Å². The van der Waals surface area contributed by atoms with Gasteiger partial charge in [-0.25, -0.2) is 4.79 Å². The SMILES string of the molecule is COc1ccc(NC(=O)C(C)OC(=O)c2sccc2-n2cccc2)cc1OC. The van der Waals surface area contributed by atoms with Crippen molar-refractivity contribution < 1.29 is 23.8 Å². The molecule has 8 heteroatoms. The zero-order valence-electron chi connectivity index (χ0n) is 15.7. The smallest absolute Gasteiger partial charge is 0.351 e. The van der Waals surface area contributed by atoms with Gasteiger partial charge < -0.3 is 24.1 Å². The summed E-state index contributed by atoms with van der Waals surface area (Å²) in [6.45, 7) is 1.52. The van der Waals surface area contributed by atoms with Crippen LogP contribution in [0.25, 0.3) is 5.69 Å². The van der Waals surface area contributed by atoms with E-state index >= 15 is 0 Å². The predicted octanol–water partition coefficient (Wildman–Crippen LogP) is 3.74. The van der Waals surface area contributed by atoms with Crippen LogP contribution >= 0.6 is 11.3 Å². The minimum Gasteiger partial charge on any atom is -0.493 e. The van der Waals surface area contributed by atoms with Crippen molar-refractivity contribution in [2.24, 2.45) is 0 Å². The lowest BCUT2D eigenvalue weighted by atomic mass is 10.2. The Morgan fingerprint density at radius 3 is 2.46 bits per heavy atom. The predicted molar refractivity (Wildman–Crippen MR) is 107 cm³/mol. The topological polar surface area (TPSA) is 78.8 Å². The molecule has 0 spiro atoms. The molecule has 3 rings (SSSR count). The van der Waals surface area contributed by atoms with Gasteiger partial charge in [0.1, 0.15) is 4.88 Å². The highest BCUT2D eigenvalue weighted by molar-refractivity contribution is 7.12. The monoisotopic (exact) mass is 400 g/mol. The first-order valence-electron chi connectivity index (χ1n) is 8.48. The van der Waals surface area contributed by atoms with Crippen molar-refractivity contribution in [2.45, 2.75) is 13.0 Å². The maximum absolute atomic E-state index is 12.5. The van der Waals surface area contributed by atoms with Gasteiger partial charge >= 0.3 is 5.97 Å². The van der Waals surface area contributed by atoms with E-state index in [4.69, 9.17) is 14.2 Å². The van der Waals surface area contributed by atoms with E-state index in [9.17, 15) is 9.59 Å². The minimum atomic E-state index is -0.972. The number of carbonyl (C=O) groups is 2. The van der Waals surface area contributed by atoms with Gasteiger partial charge in [0, 0.05) is 24.1 Å². The molecule has 0 aliphatic carbocycles. The number of rotatable bonds is 7. The number of thiophene rings is 1. The quantitative estimate of drug-likeness (QED) is 0.611. The molecule has 0 saturated carbocycles. The molecule has 7 nitrogen and oxygen atoms in total. The standard InChI is InChI=1S/C20H20N2O5S/c1-13(19(23)21-14-6-7-16(25-2)17(12-14)26-3)27-20(24)18-15(8-11-28-18)22-9-4-5-10-22/h4-13H,1-3H3,(H,21,23). The van der Waals surface area contributed by atoms with Gasteiger partial charge in [-0.1, -0.05) is 0 Å².